The molecule has 2 heterocycles. The average molecular weight is 317 g/mol. The van der Waals surface area contributed by atoms with E-state index in [1.54, 1.807) is 0 Å². The van der Waals surface area contributed by atoms with Gasteiger partial charge in [0.15, 0.2) is 11.6 Å². The minimum absolute atomic E-state index is 0.0312. The minimum atomic E-state index is -1.03. The van der Waals surface area contributed by atoms with E-state index in [1.807, 2.05) is 0 Å². The highest BCUT2D eigenvalue weighted by atomic mass is 19.2. The number of benzene rings is 1. The summed E-state index contributed by atoms with van der Waals surface area (Å²) in [7, 11) is 0. The van der Waals surface area contributed by atoms with E-state index in [9.17, 15) is 13.6 Å². The fraction of sp³-hybridized carbons (Fsp3) is 0. The van der Waals surface area contributed by atoms with Crippen LogP contribution >= 0.6 is 0 Å². The molecule has 0 saturated carbocycles. The maximum atomic E-state index is 13.2. The number of carbonyl (C=O) groups excluding carboxylic acids is 1. The fourth-order valence-corrected chi connectivity index (χ4v) is 1.72. The SMILES string of the molecule is O=C(Nc1ncco1)c1cc(Oc2ccc(F)c(F)c2)ccn1. The first-order chi connectivity index (χ1) is 11.1. The van der Waals surface area contributed by atoms with Gasteiger partial charge in [-0.1, -0.05) is 0 Å². The molecule has 116 valence electrons. The van der Waals surface area contributed by atoms with Crippen LogP contribution in [0.4, 0.5) is 14.8 Å². The number of ether oxygens (including phenoxy) is 1. The smallest absolute Gasteiger partial charge is 0.301 e. The summed E-state index contributed by atoms with van der Waals surface area (Å²) < 4.78 is 36.3. The second-order valence-corrected chi connectivity index (χ2v) is 4.35. The van der Waals surface area contributed by atoms with E-state index in [0.29, 0.717) is 0 Å². The number of nitrogens with one attached hydrogen (secondary N) is 1. The molecule has 0 atom stereocenters. The number of pyridine rings is 1. The Kier molecular flexibility index (Phi) is 3.96. The molecule has 8 heteroatoms. The Labute approximate surface area is 128 Å². The van der Waals surface area contributed by atoms with E-state index in [0.717, 1.165) is 12.1 Å². The van der Waals surface area contributed by atoms with E-state index in [1.165, 1.54) is 36.9 Å². The summed E-state index contributed by atoms with van der Waals surface area (Å²) in [5.74, 6) is -2.22. The molecule has 1 amide bonds. The summed E-state index contributed by atoms with van der Waals surface area (Å²) in [5, 5.41) is 2.40. The molecule has 23 heavy (non-hydrogen) atoms. The zero-order chi connectivity index (χ0) is 16.2. The van der Waals surface area contributed by atoms with Crippen LogP contribution in [0.1, 0.15) is 10.5 Å². The van der Waals surface area contributed by atoms with Gasteiger partial charge in [0, 0.05) is 18.3 Å². The molecule has 0 aliphatic carbocycles. The topological polar surface area (TPSA) is 77.2 Å². The Morgan fingerprint density at radius 2 is 1.87 bits per heavy atom. The third-order valence-corrected chi connectivity index (χ3v) is 2.74. The second kappa shape index (κ2) is 6.22. The van der Waals surface area contributed by atoms with Crippen LogP contribution in [0.3, 0.4) is 0 Å². The number of halogens is 2. The zero-order valence-electron chi connectivity index (χ0n) is 11.5. The summed E-state index contributed by atoms with van der Waals surface area (Å²) in [6, 6.07) is 5.97. The van der Waals surface area contributed by atoms with E-state index < -0.39 is 17.5 Å². The third-order valence-electron chi connectivity index (χ3n) is 2.74. The first-order valence-electron chi connectivity index (χ1n) is 6.41. The van der Waals surface area contributed by atoms with Gasteiger partial charge in [-0.2, -0.15) is 0 Å². The molecular weight excluding hydrogens is 308 g/mol. The van der Waals surface area contributed by atoms with Crippen molar-refractivity contribution in [1.29, 1.82) is 0 Å². The molecule has 0 aliphatic heterocycles. The lowest BCUT2D eigenvalue weighted by atomic mass is 10.3. The van der Waals surface area contributed by atoms with Gasteiger partial charge in [-0.25, -0.2) is 13.8 Å². The summed E-state index contributed by atoms with van der Waals surface area (Å²) in [4.78, 5) is 19.6. The molecule has 6 nitrogen and oxygen atoms in total. The van der Waals surface area contributed by atoms with Crippen LogP contribution in [-0.2, 0) is 0 Å². The molecule has 0 aliphatic rings. The number of aromatic nitrogens is 2. The van der Waals surface area contributed by atoms with Crippen molar-refractivity contribution in [2.24, 2.45) is 0 Å². The van der Waals surface area contributed by atoms with Gasteiger partial charge in [-0.3, -0.25) is 15.1 Å². The average Bonchev–Trinajstić information content (AvgIpc) is 3.04. The third kappa shape index (κ3) is 3.49. The summed E-state index contributed by atoms with van der Waals surface area (Å²) >= 11 is 0. The number of hydrogen-bond acceptors (Lipinski definition) is 5. The minimum Gasteiger partial charge on any atom is -0.457 e. The van der Waals surface area contributed by atoms with Crippen molar-refractivity contribution in [2.75, 3.05) is 5.32 Å². The van der Waals surface area contributed by atoms with Crippen molar-refractivity contribution in [1.82, 2.24) is 9.97 Å². The molecule has 1 N–H and O–H groups in total. The molecule has 3 aromatic rings. The second-order valence-electron chi connectivity index (χ2n) is 4.35. The van der Waals surface area contributed by atoms with Gasteiger partial charge in [-0.15, -0.1) is 0 Å². The molecule has 0 radical (unpaired) electrons. The molecule has 0 fully saturated rings. The lowest BCUT2D eigenvalue weighted by Crippen LogP contribution is -2.13. The monoisotopic (exact) mass is 317 g/mol. The maximum absolute atomic E-state index is 13.2. The zero-order valence-corrected chi connectivity index (χ0v) is 11.5. The van der Waals surface area contributed by atoms with Crippen molar-refractivity contribution in [3.8, 4) is 11.5 Å². The molecule has 0 bridgehead atoms. The standard InChI is InChI=1S/C15H9F2N3O3/c16-11-2-1-9(7-12(11)17)23-10-3-4-18-13(8-10)14(21)20-15-19-5-6-22-15/h1-8H,(H,19,20,21). The quantitative estimate of drug-likeness (QED) is 0.798. The van der Waals surface area contributed by atoms with Crippen LogP contribution in [0.2, 0.25) is 0 Å². The highest BCUT2D eigenvalue weighted by molar-refractivity contribution is 6.01. The van der Waals surface area contributed by atoms with Gasteiger partial charge in [0.05, 0.1) is 6.20 Å². The predicted octanol–water partition coefficient (Wildman–Crippen LogP) is 3.39. The number of nitrogens with zero attached hydrogens (tertiary/aromatic N) is 2. The first kappa shape index (κ1) is 14.6. The normalized spacial score (nSPS) is 10.3. The molecule has 0 saturated heterocycles. The van der Waals surface area contributed by atoms with Gasteiger partial charge in [0.25, 0.3) is 5.91 Å². The Hall–Kier alpha value is -3.29. The first-order valence-corrected chi connectivity index (χ1v) is 6.41. The Morgan fingerprint density at radius 1 is 1.04 bits per heavy atom. The lowest BCUT2D eigenvalue weighted by molar-refractivity contribution is 0.101. The number of anilines is 1. The fourth-order valence-electron chi connectivity index (χ4n) is 1.72. The molecular formula is C15H9F2N3O3. The molecule has 1 aromatic carbocycles. The summed E-state index contributed by atoms with van der Waals surface area (Å²) in [6.07, 6.45) is 4.04. The van der Waals surface area contributed by atoms with Crippen molar-refractivity contribution >= 4 is 11.9 Å². The van der Waals surface area contributed by atoms with Crippen LogP contribution in [-0.4, -0.2) is 15.9 Å². The predicted molar refractivity (Wildman–Crippen MR) is 75.1 cm³/mol. The largest absolute Gasteiger partial charge is 0.457 e. The van der Waals surface area contributed by atoms with E-state index in [2.05, 4.69) is 15.3 Å². The number of rotatable bonds is 4. The van der Waals surface area contributed by atoms with Crippen LogP contribution in [0.25, 0.3) is 0 Å². The van der Waals surface area contributed by atoms with Crippen LogP contribution in [0, 0.1) is 11.6 Å². The van der Waals surface area contributed by atoms with Crippen molar-refractivity contribution < 1.29 is 22.7 Å². The lowest BCUT2D eigenvalue weighted by Gasteiger charge is -2.07. The van der Waals surface area contributed by atoms with E-state index in [4.69, 9.17) is 9.15 Å². The van der Waals surface area contributed by atoms with Gasteiger partial charge in [0.1, 0.15) is 23.5 Å². The highest BCUT2D eigenvalue weighted by Crippen LogP contribution is 2.23. The number of oxazole rings is 1. The van der Waals surface area contributed by atoms with Crippen LogP contribution in [0.15, 0.2) is 53.4 Å². The van der Waals surface area contributed by atoms with Gasteiger partial charge in [-0.05, 0) is 18.2 Å². The molecule has 2 aromatic heterocycles. The van der Waals surface area contributed by atoms with E-state index >= 15 is 0 Å². The van der Waals surface area contributed by atoms with Gasteiger partial charge in [0.2, 0.25) is 0 Å². The molecule has 3 rings (SSSR count). The number of carbonyl (C=O) groups is 1. The van der Waals surface area contributed by atoms with E-state index in [-0.39, 0.29) is 23.2 Å². The highest BCUT2D eigenvalue weighted by Gasteiger charge is 2.12. The van der Waals surface area contributed by atoms with Crippen molar-refractivity contribution in [2.45, 2.75) is 0 Å². The number of hydrogen-bond donors (Lipinski definition) is 1. The Morgan fingerprint density at radius 3 is 2.61 bits per heavy atom. The van der Waals surface area contributed by atoms with Crippen LogP contribution in [0.5, 0.6) is 11.5 Å². The maximum Gasteiger partial charge on any atom is 0.301 e. The van der Waals surface area contributed by atoms with Gasteiger partial charge >= 0.3 is 6.01 Å². The van der Waals surface area contributed by atoms with Crippen molar-refractivity contribution in [3.05, 3.63) is 66.3 Å². The van der Waals surface area contributed by atoms with Crippen molar-refractivity contribution in [3.63, 3.8) is 0 Å². The molecule has 0 unspecified atom stereocenters. The van der Waals surface area contributed by atoms with Gasteiger partial charge < -0.3 is 9.15 Å². The Balaban J connectivity index is 1.76. The van der Waals surface area contributed by atoms with Crippen LogP contribution < -0.4 is 10.1 Å². The molecule has 0 spiro atoms. The summed E-state index contributed by atoms with van der Waals surface area (Å²) in [6.45, 7) is 0. The summed E-state index contributed by atoms with van der Waals surface area (Å²) in [5.41, 5.74) is 0.0447. The Bertz CT molecular complexity index is 838. The number of amides is 1.